The van der Waals surface area contributed by atoms with E-state index in [2.05, 4.69) is 41.3 Å². The first-order valence-electron chi connectivity index (χ1n) is 7.53. The highest BCUT2D eigenvalue weighted by atomic mass is 32.1. The van der Waals surface area contributed by atoms with Crippen LogP contribution in [0.1, 0.15) is 43.3 Å². The molecular weight excluding hydrogens is 286 g/mol. The fraction of sp³-hybridized carbons (Fsp3) is 0.714. The van der Waals surface area contributed by atoms with E-state index in [4.69, 9.17) is 5.73 Å². The minimum absolute atomic E-state index is 0.113. The molecule has 21 heavy (non-hydrogen) atoms. The molecule has 1 amide bonds. The van der Waals surface area contributed by atoms with Crippen molar-refractivity contribution >= 4 is 28.2 Å². The zero-order valence-electron chi connectivity index (χ0n) is 13.0. The molecule has 1 aromatic heterocycles. The van der Waals surface area contributed by atoms with Gasteiger partial charge in [-0.05, 0) is 19.8 Å². The average Bonchev–Trinajstić information content (AvgIpc) is 2.90. The Morgan fingerprint density at radius 3 is 2.62 bits per heavy atom. The van der Waals surface area contributed by atoms with Crippen LogP contribution in [-0.2, 0) is 0 Å². The number of hydrogen-bond donors (Lipinski definition) is 3. The third-order valence-corrected chi connectivity index (χ3v) is 5.34. The van der Waals surface area contributed by atoms with Crippen molar-refractivity contribution < 1.29 is 4.79 Å². The quantitative estimate of drug-likeness (QED) is 0.766. The van der Waals surface area contributed by atoms with Gasteiger partial charge in [0.1, 0.15) is 10.7 Å². The summed E-state index contributed by atoms with van der Waals surface area (Å²) < 4.78 is 0. The van der Waals surface area contributed by atoms with Crippen LogP contribution in [0.3, 0.4) is 0 Å². The summed E-state index contributed by atoms with van der Waals surface area (Å²) >= 11 is 1.39. The van der Waals surface area contributed by atoms with Crippen LogP contribution in [0.15, 0.2) is 0 Å². The molecule has 0 aromatic carbocycles. The van der Waals surface area contributed by atoms with Crippen molar-refractivity contribution in [3.8, 4) is 0 Å². The Kier molecular flexibility index (Phi) is 5.05. The summed E-state index contributed by atoms with van der Waals surface area (Å²) in [6, 6.07) is 0. The number of carbonyl (C=O) groups is 1. The highest BCUT2D eigenvalue weighted by molar-refractivity contribution is 7.18. The van der Waals surface area contributed by atoms with Crippen molar-refractivity contribution in [2.24, 2.45) is 0 Å². The molecule has 0 saturated carbocycles. The molecule has 2 rings (SSSR count). The molecule has 7 heteroatoms. The van der Waals surface area contributed by atoms with E-state index in [-0.39, 0.29) is 11.4 Å². The molecular formula is C14H25N5OS. The molecule has 6 nitrogen and oxygen atoms in total. The fourth-order valence-electron chi connectivity index (χ4n) is 2.23. The first-order valence-corrected chi connectivity index (χ1v) is 8.35. The van der Waals surface area contributed by atoms with Crippen LogP contribution in [0.4, 0.5) is 10.9 Å². The Hall–Kier alpha value is -1.34. The predicted octanol–water partition coefficient (Wildman–Crippen LogP) is 1.44. The van der Waals surface area contributed by atoms with Crippen LogP contribution >= 0.6 is 11.3 Å². The first kappa shape index (κ1) is 16.0. The number of aromatic nitrogens is 1. The normalized spacial score (nSPS) is 16.0. The highest BCUT2D eigenvalue weighted by Crippen LogP contribution is 2.29. The van der Waals surface area contributed by atoms with Crippen molar-refractivity contribution in [3.63, 3.8) is 0 Å². The van der Waals surface area contributed by atoms with Gasteiger partial charge in [0.15, 0.2) is 5.13 Å². The number of nitrogens with zero attached hydrogens (tertiary/aromatic N) is 2. The third kappa shape index (κ3) is 3.65. The van der Waals surface area contributed by atoms with Gasteiger partial charge < -0.3 is 21.3 Å². The SMILES string of the molecule is CCC(C)(CC)NC(=O)c1sc(N2CCNCC2)nc1N. The van der Waals surface area contributed by atoms with Crippen LogP contribution in [0.2, 0.25) is 0 Å². The maximum Gasteiger partial charge on any atom is 0.265 e. The summed E-state index contributed by atoms with van der Waals surface area (Å²) in [6.07, 6.45) is 1.78. The monoisotopic (exact) mass is 311 g/mol. The number of carbonyl (C=O) groups excluding carboxylic acids is 1. The van der Waals surface area contributed by atoms with Crippen LogP contribution in [0, 0.1) is 0 Å². The Morgan fingerprint density at radius 2 is 2.05 bits per heavy atom. The van der Waals surface area contributed by atoms with Gasteiger partial charge in [0.2, 0.25) is 0 Å². The highest BCUT2D eigenvalue weighted by Gasteiger charge is 2.26. The Bertz CT molecular complexity index is 492. The second-order valence-electron chi connectivity index (χ2n) is 5.67. The molecule has 118 valence electrons. The molecule has 0 unspecified atom stereocenters. The number of piperazine rings is 1. The van der Waals surface area contributed by atoms with E-state index < -0.39 is 0 Å². The summed E-state index contributed by atoms with van der Waals surface area (Å²) in [6.45, 7) is 9.87. The number of hydrogen-bond acceptors (Lipinski definition) is 6. The molecule has 1 aromatic rings. The van der Waals surface area contributed by atoms with Crippen LogP contribution in [0.25, 0.3) is 0 Å². The zero-order chi connectivity index (χ0) is 15.5. The zero-order valence-corrected chi connectivity index (χ0v) is 13.8. The molecule has 0 aliphatic carbocycles. The van der Waals surface area contributed by atoms with Crippen molar-refractivity contribution in [2.45, 2.75) is 39.2 Å². The fourth-order valence-corrected chi connectivity index (χ4v) is 3.16. The Morgan fingerprint density at radius 1 is 1.43 bits per heavy atom. The molecule has 0 atom stereocenters. The predicted molar refractivity (Wildman–Crippen MR) is 88.1 cm³/mol. The lowest BCUT2D eigenvalue weighted by Gasteiger charge is -2.28. The van der Waals surface area contributed by atoms with E-state index in [1.807, 2.05) is 0 Å². The summed E-state index contributed by atoms with van der Waals surface area (Å²) in [5, 5.41) is 7.23. The van der Waals surface area contributed by atoms with Crippen LogP contribution in [-0.4, -0.2) is 42.6 Å². The minimum atomic E-state index is -0.192. The van der Waals surface area contributed by atoms with E-state index in [0.29, 0.717) is 10.7 Å². The van der Waals surface area contributed by atoms with Gasteiger partial charge in [-0.15, -0.1) is 0 Å². The first-order chi connectivity index (χ1) is 9.99. The molecule has 0 spiro atoms. The number of nitrogen functional groups attached to an aromatic ring is 1. The van der Waals surface area contributed by atoms with Gasteiger partial charge >= 0.3 is 0 Å². The number of anilines is 2. The lowest BCUT2D eigenvalue weighted by Crippen LogP contribution is -2.44. The number of rotatable bonds is 5. The Balaban J connectivity index is 2.12. The van der Waals surface area contributed by atoms with Crippen molar-refractivity contribution in [1.82, 2.24) is 15.6 Å². The van der Waals surface area contributed by atoms with E-state index in [0.717, 1.165) is 44.2 Å². The number of nitrogens with two attached hydrogens (primary N) is 1. The number of amides is 1. The molecule has 0 bridgehead atoms. The van der Waals surface area contributed by atoms with E-state index in [9.17, 15) is 4.79 Å². The molecule has 0 radical (unpaired) electrons. The second kappa shape index (κ2) is 6.62. The maximum atomic E-state index is 12.4. The van der Waals surface area contributed by atoms with Gasteiger partial charge in [-0.3, -0.25) is 4.79 Å². The van der Waals surface area contributed by atoms with Crippen LogP contribution in [0.5, 0.6) is 0 Å². The topological polar surface area (TPSA) is 83.3 Å². The van der Waals surface area contributed by atoms with Crippen molar-refractivity contribution in [3.05, 3.63) is 4.88 Å². The number of nitrogens with one attached hydrogen (secondary N) is 2. The van der Waals surface area contributed by atoms with Gasteiger partial charge in [-0.2, -0.15) is 0 Å². The van der Waals surface area contributed by atoms with Gasteiger partial charge in [0.05, 0.1) is 0 Å². The second-order valence-corrected chi connectivity index (χ2v) is 6.65. The largest absolute Gasteiger partial charge is 0.382 e. The summed E-state index contributed by atoms with van der Waals surface area (Å²) in [5.41, 5.74) is 5.76. The van der Waals surface area contributed by atoms with Crippen molar-refractivity contribution in [1.29, 1.82) is 0 Å². The van der Waals surface area contributed by atoms with E-state index >= 15 is 0 Å². The van der Waals surface area contributed by atoms with Gasteiger partial charge in [-0.1, -0.05) is 25.2 Å². The standard InChI is InChI=1S/C14H25N5OS/c1-4-14(3,5-2)18-12(20)10-11(15)17-13(21-10)19-8-6-16-7-9-19/h16H,4-9,15H2,1-3H3,(H,18,20). The average molecular weight is 311 g/mol. The lowest BCUT2D eigenvalue weighted by molar-refractivity contribution is 0.0906. The molecule has 1 fully saturated rings. The van der Waals surface area contributed by atoms with Crippen molar-refractivity contribution in [2.75, 3.05) is 36.8 Å². The Labute approximate surface area is 130 Å². The smallest absolute Gasteiger partial charge is 0.265 e. The van der Waals surface area contributed by atoms with E-state index in [1.165, 1.54) is 11.3 Å². The molecule has 2 heterocycles. The molecule has 4 N–H and O–H groups in total. The third-order valence-electron chi connectivity index (χ3n) is 4.21. The minimum Gasteiger partial charge on any atom is -0.382 e. The lowest BCUT2D eigenvalue weighted by atomic mass is 9.95. The van der Waals surface area contributed by atoms with Gasteiger partial charge in [-0.25, -0.2) is 4.98 Å². The molecule has 1 aliphatic rings. The maximum absolute atomic E-state index is 12.4. The van der Waals surface area contributed by atoms with Gasteiger partial charge in [0, 0.05) is 31.7 Å². The molecule has 1 saturated heterocycles. The van der Waals surface area contributed by atoms with Crippen LogP contribution < -0.4 is 21.3 Å². The summed E-state index contributed by atoms with van der Waals surface area (Å²) in [7, 11) is 0. The summed E-state index contributed by atoms with van der Waals surface area (Å²) in [5.74, 6) is 0.221. The molecule has 1 aliphatic heterocycles. The number of thiazole rings is 1. The van der Waals surface area contributed by atoms with E-state index in [1.54, 1.807) is 0 Å². The van der Waals surface area contributed by atoms with Gasteiger partial charge in [0.25, 0.3) is 5.91 Å². The summed E-state index contributed by atoms with van der Waals surface area (Å²) in [4.78, 5) is 19.5.